The largest absolute Gasteiger partial charge is 0.490 e. The summed E-state index contributed by atoms with van der Waals surface area (Å²) in [6, 6.07) is 11.7. The molecule has 2 aromatic rings. The van der Waals surface area contributed by atoms with E-state index in [1.807, 2.05) is 6.07 Å². The molecular formula is C15H13BrFNO2S. The minimum absolute atomic E-state index is 0.185. The molecule has 0 heterocycles. The molecule has 0 aliphatic heterocycles. The summed E-state index contributed by atoms with van der Waals surface area (Å²) in [5.74, 6) is 0.414. The number of thiocarbonyl (C=S) groups is 1. The maximum Gasteiger partial charge on any atom is 0.165 e. The van der Waals surface area contributed by atoms with Crippen molar-refractivity contribution in [3.8, 4) is 11.5 Å². The van der Waals surface area contributed by atoms with E-state index in [2.05, 4.69) is 15.9 Å². The molecular weight excluding hydrogens is 357 g/mol. The Kier molecular flexibility index (Phi) is 5.52. The zero-order valence-corrected chi connectivity index (χ0v) is 13.4. The summed E-state index contributed by atoms with van der Waals surface area (Å²) in [6.07, 6.45) is 0. The lowest BCUT2D eigenvalue weighted by atomic mass is 10.2. The smallest absolute Gasteiger partial charge is 0.165 e. The highest BCUT2D eigenvalue weighted by Gasteiger charge is 2.04. The first-order valence-electron chi connectivity index (χ1n) is 6.17. The highest BCUT2D eigenvalue weighted by molar-refractivity contribution is 9.10. The van der Waals surface area contributed by atoms with Crippen LogP contribution >= 0.6 is 28.1 Å². The molecule has 0 bridgehead atoms. The molecule has 21 heavy (non-hydrogen) atoms. The molecule has 0 fully saturated rings. The van der Waals surface area contributed by atoms with Crippen molar-refractivity contribution in [1.29, 1.82) is 0 Å². The third kappa shape index (κ3) is 4.68. The van der Waals surface area contributed by atoms with Gasteiger partial charge in [0.05, 0.1) is 0 Å². The first-order valence-corrected chi connectivity index (χ1v) is 7.37. The first-order chi connectivity index (χ1) is 10.1. The van der Waals surface area contributed by atoms with Crippen LogP contribution in [0.25, 0.3) is 0 Å². The van der Waals surface area contributed by atoms with Crippen molar-refractivity contribution < 1.29 is 13.9 Å². The molecule has 2 aromatic carbocycles. The standard InChI is InChI=1S/C15H13BrFNO2S/c16-11-4-5-13(17)14(9-11)20-7-6-19-12-3-1-2-10(8-12)15(18)21/h1-5,8-9H,6-7H2,(H2,18,21). The second-order valence-electron chi connectivity index (χ2n) is 4.16. The molecule has 0 unspecified atom stereocenters. The lowest BCUT2D eigenvalue weighted by molar-refractivity contribution is 0.211. The van der Waals surface area contributed by atoms with Crippen LogP contribution in [0.3, 0.4) is 0 Å². The highest BCUT2D eigenvalue weighted by atomic mass is 79.9. The number of hydrogen-bond donors (Lipinski definition) is 1. The lowest BCUT2D eigenvalue weighted by Gasteiger charge is -2.10. The fourth-order valence-electron chi connectivity index (χ4n) is 1.64. The van der Waals surface area contributed by atoms with Crippen LogP contribution in [0.1, 0.15) is 5.56 Å². The maximum atomic E-state index is 13.4. The minimum atomic E-state index is -0.409. The Bertz CT molecular complexity index is 651. The van der Waals surface area contributed by atoms with Gasteiger partial charge >= 0.3 is 0 Å². The van der Waals surface area contributed by atoms with Crippen LogP contribution in [0.5, 0.6) is 11.5 Å². The Morgan fingerprint density at radius 3 is 2.67 bits per heavy atom. The van der Waals surface area contributed by atoms with E-state index in [1.165, 1.54) is 6.07 Å². The van der Waals surface area contributed by atoms with Crippen molar-refractivity contribution in [2.75, 3.05) is 13.2 Å². The van der Waals surface area contributed by atoms with Crippen LogP contribution in [-0.4, -0.2) is 18.2 Å². The quantitative estimate of drug-likeness (QED) is 0.623. The second-order valence-corrected chi connectivity index (χ2v) is 5.52. The Morgan fingerprint density at radius 2 is 1.90 bits per heavy atom. The van der Waals surface area contributed by atoms with Crippen molar-refractivity contribution in [2.24, 2.45) is 5.73 Å². The molecule has 0 atom stereocenters. The molecule has 0 spiro atoms. The summed E-state index contributed by atoms with van der Waals surface area (Å²) in [5.41, 5.74) is 6.29. The summed E-state index contributed by atoms with van der Waals surface area (Å²) in [4.78, 5) is 0.313. The van der Waals surface area contributed by atoms with E-state index in [4.69, 9.17) is 27.4 Å². The fraction of sp³-hybridized carbons (Fsp3) is 0.133. The molecule has 0 aliphatic carbocycles. The molecule has 0 amide bonds. The van der Waals surface area contributed by atoms with Gasteiger partial charge in [0.15, 0.2) is 11.6 Å². The van der Waals surface area contributed by atoms with Gasteiger partial charge in [-0.2, -0.15) is 0 Å². The number of benzene rings is 2. The topological polar surface area (TPSA) is 44.5 Å². The third-order valence-electron chi connectivity index (χ3n) is 2.62. The van der Waals surface area contributed by atoms with E-state index in [0.717, 1.165) is 10.0 Å². The van der Waals surface area contributed by atoms with Crippen molar-refractivity contribution >= 4 is 33.1 Å². The van der Waals surface area contributed by atoms with Gasteiger partial charge in [0.1, 0.15) is 24.0 Å². The van der Waals surface area contributed by atoms with Gasteiger partial charge in [0.2, 0.25) is 0 Å². The molecule has 3 nitrogen and oxygen atoms in total. The monoisotopic (exact) mass is 369 g/mol. The van der Waals surface area contributed by atoms with Crippen molar-refractivity contribution in [3.05, 3.63) is 58.3 Å². The fourth-order valence-corrected chi connectivity index (χ4v) is 2.11. The number of rotatable bonds is 6. The highest BCUT2D eigenvalue weighted by Crippen LogP contribution is 2.22. The zero-order chi connectivity index (χ0) is 15.2. The molecule has 0 aliphatic rings. The maximum absolute atomic E-state index is 13.4. The Hall–Kier alpha value is -1.66. The summed E-state index contributed by atoms with van der Waals surface area (Å²) < 4.78 is 25.1. The molecule has 2 rings (SSSR count). The molecule has 110 valence electrons. The van der Waals surface area contributed by atoms with Gasteiger partial charge in [-0.05, 0) is 30.3 Å². The van der Waals surface area contributed by atoms with E-state index in [0.29, 0.717) is 10.7 Å². The van der Waals surface area contributed by atoms with Crippen LogP contribution in [0.2, 0.25) is 0 Å². The SMILES string of the molecule is NC(=S)c1cccc(OCCOc2cc(Br)ccc2F)c1. The average Bonchev–Trinajstić information content (AvgIpc) is 2.47. The van der Waals surface area contributed by atoms with E-state index in [1.54, 1.807) is 30.3 Å². The van der Waals surface area contributed by atoms with Gasteiger partial charge in [-0.1, -0.05) is 40.3 Å². The summed E-state index contributed by atoms with van der Waals surface area (Å²) in [5, 5.41) is 0. The van der Waals surface area contributed by atoms with Gasteiger partial charge < -0.3 is 15.2 Å². The summed E-state index contributed by atoms with van der Waals surface area (Å²) in [7, 11) is 0. The van der Waals surface area contributed by atoms with Crippen molar-refractivity contribution in [1.82, 2.24) is 0 Å². The minimum Gasteiger partial charge on any atom is -0.490 e. The van der Waals surface area contributed by atoms with Crippen LogP contribution in [0, 0.1) is 5.82 Å². The Balaban J connectivity index is 1.86. The van der Waals surface area contributed by atoms with Crippen LogP contribution in [0.15, 0.2) is 46.9 Å². The van der Waals surface area contributed by atoms with Crippen molar-refractivity contribution in [3.63, 3.8) is 0 Å². The predicted octanol–water partition coefficient (Wildman–Crippen LogP) is 3.68. The molecule has 2 N–H and O–H groups in total. The van der Waals surface area contributed by atoms with Gasteiger partial charge in [-0.3, -0.25) is 0 Å². The first kappa shape index (κ1) is 15.7. The van der Waals surface area contributed by atoms with Crippen LogP contribution < -0.4 is 15.2 Å². The molecule has 0 saturated carbocycles. The summed E-state index contributed by atoms with van der Waals surface area (Å²) in [6.45, 7) is 0.511. The zero-order valence-electron chi connectivity index (χ0n) is 11.0. The molecule has 0 saturated heterocycles. The normalized spacial score (nSPS) is 10.2. The molecule has 0 aromatic heterocycles. The lowest BCUT2D eigenvalue weighted by Crippen LogP contribution is -2.11. The van der Waals surface area contributed by atoms with E-state index in [-0.39, 0.29) is 19.0 Å². The number of halogens is 2. The van der Waals surface area contributed by atoms with Gasteiger partial charge in [-0.25, -0.2) is 4.39 Å². The van der Waals surface area contributed by atoms with E-state index in [9.17, 15) is 4.39 Å². The number of ether oxygens (including phenoxy) is 2. The second kappa shape index (κ2) is 7.38. The molecule has 0 radical (unpaired) electrons. The van der Waals surface area contributed by atoms with Crippen LogP contribution in [0.4, 0.5) is 4.39 Å². The predicted molar refractivity (Wildman–Crippen MR) is 87.4 cm³/mol. The Labute approximate surface area is 136 Å². The number of hydrogen-bond acceptors (Lipinski definition) is 3. The van der Waals surface area contributed by atoms with E-state index < -0.39 is 5.82 Å². The molecule has 6 heteroatoms. The van der Waals surface area contributed by atoms with Crippen LogP contribution in [-0.2, 0) is 0 Å². The van der Waals surface area contributed by atoms with Gasteiger partial charge in [-0.15, -0.1) is 0 Å². The Morgan fingerprint density at radius 1 is 1.14 bits per heavy atom. The van der Waals surface area contributed by atoms with Gasteiger partial charge in [0, 0.05) is 10.0 Å². The number of nitrogens with two attached hydrogens (primary N) is 1. The summed E-state index contributed by atoms with van der Waals surface area (Å²) >= 11 is 8.16. The van der Waals surface area contributed by atoms with E-state index >= 15 is 0 Å². The van der Waals surface area contributed by atoms with Crippen molar-refractivity contribution in [2.45, 2.75) is 0 Å². The average molecular weight is 370 g/mol. The third-order valence-corrected chi connectivity index (χ3v) is 3.35. The van der Waals surface area contributed by atoms with Gasteiger partial charge in [0.25, 0.3) is 0 Å².